The average Bonchev–Trinajstić information content (AvgIpc) is 3.95. The van der Waals surface area contributed by atoms with Crippen LogP contribution >= 0.6 is 0 Å². The molecule has 326 valence electrons. The molecule has 3 rings (SSSR count). The Morgan fingerprint density at radius 2 is 1.74 bits per heavy atom. The van der Waals surface area contributed by atoms with E-state index in [2.05, 4.69) is 98.1 Å². The number of unbranched alkanes of at least 4 members (excludes halogenated alkanes) is 1. The number of likely N-dealkylation sites (N-methyl/N-ethyl adjacent to an activating group) is 1. The first kappa shape index (κ1) is 49.7. The van der Waals surface area contributed by atoms with Gasteiger partial charge in [0.25, 0.3) is 0 Å². The summed E-state index contributed by atoms with van der Waals surface area (Å²) < 4.78 is 15.0. The number of hydrogen-bond acceptors (Lipinski definition) is 7. The predicted molar refractivity (Wildman–Crippen MR) is 223 cm³/mol. The number of carbonyl (C=O) groups excluding carboxylic acids is 3. The molecule has 9 atom stereocenters. The molecule has 2 fully saturated rings. The molecule has 57 heavy (non-hydrogen) atoms. The molecule has 0 spiro atoms. The molecule has 10 nitrogen and oxygen atoms in total. The number of nitrogens with zero attached hydrogens (tertiary/aromatic N) is 3. The zero-order valence-corrected chi connectivity index (χ0v) is 41.3. The van der Waals surface area contributed by atoms with Gasteiger partial charge in [-0.25, -0.2) is 0 Å². The van der Waals surface area contributed by atoms with Crippen LogP contribution in [0.3, 0.4) is 0 Å². The Bertz CT molecular complexity index is 1440. The molecule has 3 N–H and O–H groups in total. The fourth-order valence-corrected chi connectivity index (χ4v) is 14.1. The van der Waals surface area contributed by atoms with Crippen molar-refractivity contribution in [3.05, 3.63) is 29.8 Å². The van der Waals surface area contributed by atoms with E-state index in [0.29, 0.717) is 22.8 Å². The number of ether oxygens (including phenoxy) is 1. The molecule has 0 radical (unpaired) electrons. The van der Waals surface area contributed by atoms with Crippen LogP contribution < -0.4 is 55.3 Å². The van der Waals surface area contributed by atoms with Crippen LogP contribution in [0.25, 0.3) is 0 Å². The van der Waals surface area contributed by atoms with Gasteiger partial charge in [0, 0.05) is 7.11 Å². The van der Waals surface area contributed by atoms with Gasteiger partial charge >= 0.3 is 363 Å². The Labute approximate surface area is 367 Å². The monoisotopic (exact) mass is 1020 g/mol. The van der Waals surface area contributed by atoms with E-state index >= 15 is 0 Å². The molecule has 12 heteroatoms. The second kappa shape index (κ2) is 24.5. The van der Waals surface area contributed by atoms with Crippen molar-refractivity contribution in [2.45, 2.75) is 167 Å². The summed E-state index contributed by atoms with van der Waals surface area (Å²) in [5.41, 5.74) is 2.21. The number of amides is 3. The normalized spacial score (nSPS) is 20.5. The number of benzene rings is 1. The van der Waals surface area contributed by atoms with Crippen molar-refractivity contribution in [2.24, 2.45) is 29.6 Å². The van der Waals surface area contributed by atoms with E-state index in [1.807, 2.05) is 23.8 Å². The van der Waals surface area contributed by atoms with Crippen molar-refractivity contribution in [1.29, 1.82) is 5.26 Å². The number of halogens is 2. The number of likely N-dealkylation sites (tertiary alicyclic amines) is 1. The summed E-state index contributed by atoms with van der Waals surface area (Å²) in [6, 6.07) is 9.84. The van der Waals surface area contributed by atoms with Crippen LogP contribution in [0.5, 0.6) is 0 Å². The molecular weight excluding hydrogens is 942 g/mol. The van der Waals surface area contributed by atoms with Gasteiger partial charge in [0.1, 0.15) is 0 Å². The minimum atomic E-state index is -0.529. The van der Waals surface area contributed by atoms with Crippen molar-refractivity contribution >= 4 is 23.4 Å². The third-order valence-corrected chi connectivity index (χ3v) is 18.8. The van der Waals surface area contributed by atoms with Crippen LogP contribution in [-0.2, 0) is 25.5 Å². The van der Waals surface area contributed by atoms with Gasteiger partial charge in [-0.15, -0.1) is 0 Å². The van der Waals surface area contributed by atoms with Gasteiger partial charge in [-0.3, -0.25) is 0 Å². The fraction of sp³-hybridized carbons (Fsp3) is 0.778. The number of methoxy groups -OCH3 is 1. The van der Waals surface area contributed by atoms with Crippen LogP contribution in [0.1, 0.15) is 132 Å². The van der Waals surface area contributed by atoms with Gasteiger partial charge < -0.3 is 0 Å². The molecule has 1 aromatic carbocycles. The molecule has 0 bridgehead atoms. The summed E-state index contributed by atoms with van der Waals surface area (Å²) in [4.78, 5) is 45.9. The molecule has 2 aliphatic rings. The standard InChI is InChI=1S/C45H76I2N6O4/c1-12-15-25-46-51-40(30(4)5)44(56)52(10)41(31(6)13-2)32(7)28-39(54)53-27-16-17-38(53)42(57-11)33(8)43(55)49-37(24-26-48)29-34-18-22-36(23-19-34)50-47-45(9,14-3)35-20-21-35/h18-19,22-23,30-33,35,37-38,40-42,50-51H,12-17,20-21,24-25,27-29H2,1-11H3,(H,49,55)/q-2/t31-,32+,33+,37+,38-,40-,41?,42+,45?/m0/s1. The van der Waals surface area contributed by atoms with E-state index in [4.69, 9.17) is 4.74 Å². The number of alkyl halides is 2. The van der Waals surface area contributed by atoms with E-state index < -0.39 is 12.0 Å². The van der Waals surface area contributed by atoms with Crippen molar-refractivity contribution < 1.29 is 62.1 Å². The SMILES string of the molecule is CCCC[I-]N[C@H](C(=O)N(C)C([C@H](C)CC(=O)N1CCC[C@H]1[C@H](OC)[C@@H](C)C(=O)N[C@H](CC#N)Cc1ccc(N[I-]C(C)(CC)C2CC2)cc1)[C@@H](C)CC)C(C)C. The zero-order valence-electron chi connectivity index (χ0n) is 37.0. The summed E-state index contributed by atoms with van der Waals surface area (Å²) in [5, 5.41) is 12.8. The quantitative estimate of drug-likeness (QED) is 0.0558. The first-order chi connectivity index (χ1) is 27.2. The summed E-state index contributed by atoms with van der Waals surface area (Å²) in [6.45, 7) is 20.1. The van der Waals surface area contributed by atoms with Crippen LogP contribution in [0.4, 0.5) is 5.69 Å². The van der Waals surface area contributed by atoms with Crippen molar-refractivity contribution in [2.75, 3.05) is 28.7 Å². The topological polar surface area (TPSA) is 127 Å². The number of anilines is 1. The maximum atomic E-state index is 14.2. The third-order valence-electron chi connectivity index (χ3n) is 12.6. The summed E-state index contributed by atoms with van der Waals surface area (Å²) in [7, 11) is 3.55. The minimum absolute atomic E-state index is 0.0482. The number of hydrogen-bond donors (Lipinski definition) is 3. The molecule has 3 amide bonds. The average molecular weight is 1020 g/mol. The van der Waals surface area contributed by atoms with Gasteiger partial charge in [0.05, 0.1) is 0 Å². The second-order valence-corrected chi connectivity index (χ2v) is 23.4. The first-order valence-corrected chi connectivity index (χ1v) is 26.5. The number of nitrogens with one attached hydrogen (secondary N) is 3. The summed E-state index contributed by atoms with van der Waals surface area (Å²) in [6.07, 6.45) is 9.37. The van der Waals surface area contributed by atoms with E-state index in [1.54, 1.807) is 7.11 Å². The van der Waals surface area contributed by atoms with Crippen LogP contribution in [0.2, 0.25) is 0 Å². The number of nitriles is 1. The Morgan fingerprint density at radius 1 is 1.05 bits per heavy atom. The maximum absolute atomic E-state index is 14.2. The Morgan fingerprint density at radius 3 is 2.30 bits per heavy atom. The van der Waals surface area contributed by atoms with Gasteiger partial charge in [0.15, 0.2) is 0 Å². The Kier molecular flexibility index (Phi) is 21.4. The summed E-state index contributed by atoms with van der Waals surface area (Å²) in [5.74, 6) is 0.681. The summed E-state index contributed by atoms with van der Waals surface area (Å²) >= 11 is -0.436. The van der Waals surface area contributed by atoms with Gasteiger partial charge in [-0.2, -0.15) is 0 Å². The van der Waals surface area contributed by atoms with Crippen molar-refractivity contribution in [3.8, 4) is 6.07 Å². The molecular formula is C45H76I2N6O4-2. The first-order valence-electron chi connectivity index (χ1n) is 21.8. The Hall–Kier alpha value is -1.70. The molecule has 1 aromatic rings. The van der Waals surface area contributed by atoms with E-state index in [-0.39, 0.29) is 109 Å². The van der Waals surface area contributed by atoms with E-state index in [9.17, 15) is 19.6 Å². The van der Waals surface area contributed by atoms with Gasteiger partial charge in [0.2, 0.25) is 0 Å². The van der Waals surface area contributed by atoms with Crippen LogP contribution in [0, 0.1) is 40.9 Å². The van der Waals surface area contributed by atoms with E-state index in [0.717, 1.165) is 47.3 Å². The molecule has 1 saturated carbocycles. The fourth-order valence-electron chi connectivity index (χ4n) is 8.41. The number of rotatable bonds is 26. The molecule has 1 saturated heterocycles. The molecule has 1 aliphatic heterocycles. The zero-order chi connectivity index (χ0) is 42.3. The Balaban J connectivity index is 1.65. The van der Waals surface area contributed by atoms with Gasteiger partial charge in [-0.1, -0.05) is 0 Å². The number of carbonyl (C=O) groups is 3. The van der Waals surface area contributed by atoms with E-state index in [1.165, 1.54) is 25.7 Å². The second-order valence-electron chi connectivity index (χ2n) is 17.4. The third kappa shape index (κ3) is 14.5. The molecule has 1 aliphatic carbocycles. The van der Waals surface area contributed by atoms with Crippen LogP contribution in [-0.4, -0.2) is 86.3 Å². The molecule has 2 unspecified atom stereocenters. The predicted octanol–water partition coefficient (Wildman–Crippen LogP) is 1.58. The van der Waals surface area contributed by atoms with Crippen LogP contribution in [0.15, 0.2) is 24.3 Å². The van der Waals surface area contributed by atoms with Crippen molar-refractivity contribution in [1.82, 2.24) is 18.6 Å². The van der Waals surface area contributed by atoms with Gasteiger partial charge in [-0.05, 0) is 0 Å². The van der Waals surface area contributed by atoms with Crippen molar-refractivity contribution in [3.63, 3.8) is 0 Å². The molecule has 1 heterocycles. The molecule has 0 aromatic heterocycles.